The second-order valence-electron chi connectivity index (χ2n) is 5.56. The smallest absolute Gasteiger partial charge is 0.155 e. The Morgan fingerprint density at radius 2 is 2.14 bits per heavy atom. The molecule has 0 unspecified atom stereocenters. The van der Waals surface area contributed by atoms with Gasteiger partial charge in [-0.1, -0.05) is 13.0 Å². The molecular weight excluding hydrogens is 276 g/mol. The highest BCUT2D eigenvalue weighted by atomic mass is 15.3. The monoisotopic (exact) mass is 296 g/mol. The summed E-state index contributed by atoms with van der Waals surface area (Å²) in [5.41, 5.74) is 1.12. The van der Waals surface area contributed by atoms with Crippen molar-refractivity contribution >= 4 is 5.82 Å². The van der Waals surface area contributed by atoms with Crippen LogP contribution in [0.5, 0.6) is 0 Å². The topological polar surface area (TPSA) is 60.6 Å². The third-order valence-corrected chi connectivity index (χ3v) is 3.37. The summed E-state index contributed by atoms with van der Waals surface area (Å²) in [6, 6.07) is 7.85. The maximum atomic E-state index is 4.59. The van der Waals surface area contributed by atoms with E-state index in [1.54, 1.807) is 10.9 Å². The molecule has 0 aliphatic rings. The first kappa shape index (κ1) is 14.3. The molecule has 0 aliphatic heterocycles. The first-order valence-electron chi connectivity index (χ1n) is 7.41. The van der Waals surface area contributed by atoms with Crippen LogP contribution in [0.2, 0.25) is 0 Å². The van der Waals surface area contributed by atoms with E-state index in [-0.39, 0.29) is 0 Å². The number of rotatable bonds is 6. The van der Waals surface area contributed by atoms with E-state index in [1.807, 2.05) is 54.5 Å². The van der Waals surface area contributed by atoms with Crippen LogP contribution in [0.15, 0.2) is 49.1 Å². The minimum absolute atomic E-state index is 0.456. The predicted molar refractivity (Wildman–Crippen MR) is 86.0 cm³/mol. The normalized spacial score (nSPS) is 12.3. The third-order valence-electron chi connectivity index (χ3n) is 3.37. The van der Waals surface area contributed by atoms with Crippen molar-refractivity contribution in [2.24, 2.45) is 5.92 Å². The van der Waals surface area contributed by atoms with Gasteiger partial charge in [0.15, 0.2) is 5.82 Å². The van der Waals surface area contributed by atoms with Gasteiger partial charge in [0.1, 0.15) is 5.82 Å². The van der Waals surface area contributed by atoms with Crippen LogP contribution in [-0.4, -0.2) is 31.1 Å². The van der Waals surface area contributed by atoms with Crippen LogP contribution in [0.25, 0.3) is 5.82 Å². The summed E-state index contributed by atoms with van der Waals surface area (Å²) in [4.78, 5) is 4.59. The van der Waals surface area contributed by atoms with Gasteiger partial charge in [-0.15, -0.1) is 0 Å². The van der Waals surface area contributed by atoms with Gasteiger partial charge in [0.2, 0.25) is 0 Å². The van der Waals surface area contributed by atoms with Gasteiger partial charge in [-0.25, -0.2) is 9.67 Å². The van der Waals surface area contributed by atoms with E-state index < -0.39 is 0 Å². The lowest BCUT2D eigenvalue weighted by Crippen LogP contribution is -2.18. The molecule has 0 radical (unpaired) electrons. The van der Waals surface area contributed by atoms with Crippen molar-refractivity contribution in [2.75, 3.05) is 11.9 Å². The summed E-state index contributed by atoms with van der Waals surface area (Å²) in [5.74, 6) is 2.13. The van der Waals surface area contributed by atoms with Crippen molar-refractivity contribution in [1.82, 2.24) is 24.5 Å². The highest BCUT2D eigenvalue weighted by Crippen LogP contribution is 2.10. The second-order valence-corrected chi connectivity index (χ2v) is 5.56. The Morgan fingerprint density at radius 3 is 2.86 bits per heavy atom. The van der Waals surface area contributed by atoms with E-state index in [0.717, 1.165) is 30.3 Å². The zero-order chi connectivity index (χ0) is 15.4. The molecule has 0 spiro atoms. The lowest BCUT2D eigenvalue weighted by molar-refractivity contribution is 0.467. The molecule has 3 rings (SSSR count). The number of aryl methyl sites for hydroxylation is 1. The summed E-state index contributed by atoms with van der Waals surface area (Å²) < 4.78 is 3.73. The van der Waals surface area contributed by atoms with E-state index in [9.17, 15) is 0 Å². The summed E-state index contributed by atoms with van der Waals surface area (Å²) in [6.45, 7) is 5.93. The second kappa shape index (κ2) is 6.43. The zero-order valence-electron chi connectivity index (χ0n) is 12.8. The first-order valence-corrected chi connectivity index (χ1v) is 7.41. The van der Waals surface area contributed by atoms with Gasteiger partial charge in [0, 0.05) is 31.7 Å². The van der Waals surface area contributed by atoms with Crippen LogP contribution >= 0.6 is 0 Å². The average Bonchev–Trinajstić information content (AvgIpc) is 3.17. The molecule has 0 aromatic carbocycles. The number of aromatic nitrogens is 5. The maximum Gasteiger partial charge on any atom is 0.155 e. The van der Waals surface area contributed by atoms with Crippen molar-refractivity contribution in [3.05, 3.63) is 54.6 Å². The lowest BCUT2D eigenvalue weighted by Gasteiger charge is -2.13. The van der Waals surface area contributed by atoms with Crippen molar-refractivity contribution in [3.63, 3.8) is 0 Å². The Morgan fingerprint density at radius 1 is 1.23 bits per heavy atom. The first-order chi connectivity index (χ1) is 10.7. The highest BCUT2D eigenvalue weighted by Gasteiger charge is 2.05. The quantitative estimate of drug-likeness (QED) is 0.759. The van der Waals surface area contributed by atoms with Crippen molar-refractivity contribution < 1.29 is 0 Å². The molecule has 0 amide bonds. The third kappa shape index (κ3) is 3.52. The number of hydrogen-bond donors (Lipinski definition) is 1. The molecule has 6 nitrogen and oxygen atoms in total. The van der Waals surface area contributed by atoms with E-state index in [2.05, 4.69) is 27.4 Å². The number of hydrogen-bond acceptors (Lipinski definition) is 4. The molecule has 114 valence electrons. The SMILES string of the molecule is Cc1cnn(-c2cccc(NC[C@@H](C)Cn3cccn3)n2)c1. The molecular formula is C16H20N6. The largest absolute Gasteiger partial charge is 0.370 e. The number of pyridine rings is 1. The van der Waals surface area contributed by atoms with E-state index in [0.29, 0.717) is 5.92 Å². The fraction of sp³-hybridized carbons (Fsp3) is 0.312. The van der Waals surface area contributed by atoms with Gasteiger partial charge in [-0.2, -0.15) is 10.2 Å². The standard InChI is InChI=1S/C16H20N6/c1-13(11-21-8-4-7-18-21)9-17-15-5-3-6-16(20-15)22-12-14(2)10-19-22/h3-8,10,12-13H,9,11H2,1-2H3,(H,17,20)/t13-/m1/s1. The number of nitrogens with one attached hydrogen (secondary N) is 1. The predicted octanol–water partition coefficient (Wildman–Crippen LogP) is 2.52. The highest BCUT2D eigenvalue weighted by molar-refractivity contribution is 5.39. The summed E-state index contributed by atoms with van der Waals surface area (Å²) in [6.07, 6.45) is 7.58. The summed E-state index contributed by atoms with van der Waals surface area (Å²) in [7, 11) is 0. The fourth-order valence-corrected chi connectivity index (χ4v) is 2.26. The Hall–Kier alpha value is -2.63. The molecule has 3 heterocycles. The Kier molecular flexibility index (Phi) is 4.18. The Balaban J connectivity index is 1.61. The van der Waals surface area contributed by atoms with Crippen LogP contribution in [-0.2, 0) is 6.54 Å². The minimum atomic E-state index is 0.456. The van der Waals surface area contributed by atoms with Crippen LogP contribution in [0.3, 0.4) is 0 Å². The number of anilines is 1. The number of nitrogens with zero attached hydrogens (tertiary/aromatic N) is 5. The molecule has 0 fully saturated rings. The van der Waals surface area contributed by atoms with E-state index in [1.165, 1.54) is 0 Å². The molecule has 22 heavy (non-hydrogen) atoms. The van der Waals surface area contributed by atoms with Gasteiger partial charge >= 0.3 is 0 Å². The lowest BCUT2D eigenvalue weighted by atomic mass is 10.2. The van der Waals surface area contributed by atoms with Crippen molar-refractivity contribution in [3.8, 4) is 5.82 Å². The van der Waals surface area contributed by atoms with Crippen LogP contribution in [0.1, 0.15) is 12.5 Å². The molecule has 0 saturated carbocycles. The van der Waals surface area contributed by atoms with Crippen LogP contribution in [0, 0.1) is 12.8 Å². The van der Waals surface area contributed by atoms with Gasteiger partial charge in [0.25, 0.3) is 0 Å². The fourth-order valence-electron chi connectivity index (χ4n) is 2.26. The maximum absolute atomic E-state index is 4.59. The van der Waals surface area contributed by atoms with E-state index >= 15 is 0 Å². The van der Waals surface area contributed by atoms with Gasteiger partial charge in [0.05, 0.1) is 6.20 Å². The average molecular weight is 296 g/mol. The Labute approximate surface area is 129 Å². The van der Waals surface area contributed by atoms with E-state index in [4.69, 9.17) is 0 Å². The molecule has 0 aliphatic carbocycles. The minimum Gasteiger partial charge on any atom is -0.370 e. The van der Waals surface area contributed by atoms with Crippen molar-refractivity contribution in [2.45, 2.75) is 20.4 Å². The molecule has 0 bridgehead atoms. The molecule has 1 N–H and O–H groups in total. The van der Waals surface area contributed by atoms with Crippen LogP contribution < -0.4 is 5.32 Å². The molecule has 1 atom stereocenters. The van der Waals surface area contributed by atoms with Crippen molar-refractivity contribution in [1.29, 1.82) is 0 Å². The zero-order valence-corrected chi connectivity index (χ0v) is 12.8. The Bertz CT molecular complexity index is 716. The molecule has 3 aromatic heterocycles. The van der Waals surface area contributed by atoms with Gasteiger partial charge < -0.3 is 5.32 Å². The van der Waals surface area contributed by atoms with Crippen LogP contribution in [0.4, 0.5) is 5.82 Å². The van der Waals surface area contributed by atoms with Gasteiger partial charge in [-0.3, -0.25) is 4.68 Å². The molecule has 0 saturated heterocycles. The summed E-state index contributed by atoms with van der Waals surface area (Å²) in [5, 5.41) is 11.9. The molecule has 6 heteroatoms. The summed E-state index contributed by atoms with van der Waals surface area (Å²) >= 11 is 0. The van der Waals surface area contributed by atoms with Gasteiger partial charge in [-0.05, 0) is 36.6 Å². The molecule has 3 aromatic rings.